The minimum atomic E-state index is -0.225. The SMILES string of the molecule is CCN(CCOCc1cn(Cc2cc(C(C)(C)C)cc(C(C)(C)C)c2)nn1)c1ccc(C2=C([O-])C(=C3C=CC(=[N+](CC)CCOCc4cn(Cc5cc(C(C)(C)C)cc(C(C)(C)C)c5)nn4)C=C3)C2=O)cc1. The Morgan fingerprint density at radius 3 is 1.49 bits per heavy atom. The molecule has 0 amide bonds. The second-order valence-electron chi connectivity index (χ2n) is 23.4. The van der Waals surface area contributed by atoms with Crippen molar-refractivity contribution >= 4 is 22.8 Å². The summed E-state index contributed by atoms with van der Waals surface area (Å²) in [5, 5.41) is 31.1. The molecule has 0 N–H and O–H groups in total. The summed E-state index contributed by atoms with van der Waals surface area (Å²) in [4.78, 5) is 15.7. The first-order valence-electron chi connectivity index (χ1n) is 25.7. The molecule has 7 rings (SSSR count). The number of Topliss-reactive ketones (excluding diaryl/α,β-unsaturated/α-hetero) is 1. The second kappa shape index (κ2) is 21.9. The molecule has 382 valence electrons. The van der Waals surface area contributed by atoms with Gasteiger partial charge < -0.3 is 19.5 Å². The molecule has 3 aromatic carbocycles. The van der Waals surface area contributed by atoms with Gasteiger partial charge in [0.05, 0.1) is 45.3 Å². The molecule has 0 atom stereocenters. The highest BCUT2D eigenvalue weighted by Crippen LogP contribution is 2.38. The van der Waals surface area contributed by atoms with Gasteiger partial charge in [-0.15, -0.1) is 10.2 Å². The van der Waals surface area contributed by atoms with Crippen LogP contribution in [0.5, 0.6) is 0 Å². The fourth-order valence-corrected chi connectivity index (χ4v) is 8.88. The highest BCUT2D eigenvalue weighted by atomic mass is 16.5. The van der Waals surface area contributed by atoms with Crippen molar-refractivity contribution in [3.63, 3.8) is 0 Å². The van der Waals surface area contributed by atoms with Gasteiger partial charge in [0.1, 0.15) is 24.5 Å². The van der Waals surface area contributed by atoms with E-state index in [2.05, 4.69) is 163 Å². The minimum Gasteiger partial charge on any atom is -0.871 e. The average molecular weight is 975 g/mol. The summed E-state index contributed by atoms with van der Waals surface area (Å²) in [6, 6.07) is 21.4. The number of carbonyl (C=O) groups excluding carboxylic acids is 1. The first kappa shape index (κ1) is 53.6. The first-order chi connectivity index (χ1) is 33.9. The van der Waals surface area contributed by atoms with Crippen LogP contribution < -0.4 is 10.0 Å². The van der Waals surface area contributed by atoms with E-state index in [4.69, 9.17) is 9.47 Å². The Hall–Kier alpha value is -6.24. The summed E-state index contributed by atoms with van der Waals surface area (Å²) >= 11 is 0. The quantitative estimate of drug-likeness (QED) is 0.0479. The van der Waals surface area contributed by atoms with Crippen molar-refractivity contribution in [1.29, 1.82) is 0 Å². The van der Waals surface area contributed by atoms with Crippen molar-refractivity contribution < 1.29 is 24.0 Å². The molecule has 0 unspecified atom stereocenters. The van der Waals surface area contributed by atoms with Crippen molar-refractivity contribution in [1.82, 2.24) is 30.0 Å². The third-order valence-electron chi connectivity index (χ3n) is 13.5. The van der Waals surface area contributed by atoms with Gasteiger partial charge in [-0.2, -0.15) is 0 Å². The molecule has 12 nitrogen and oxygen atoms in total. The number of nitrogens with zero attached hydrogens (tertiary/aromatic N) is 8. The monoisotopic (exact) mass is 975 g/mol. The normalized spacial score (nSPS) is 14.5. The van der Waals surface area contributed by atoms with Crippen LogP contribution in [-0.2, 0) is 62.2 Å². The smallest absolute Gasteiger partial charge is 0.199 e. The lowest BCUT2D eigenvalue weighted by molar-refractivity contribution is -0.526. The highest BCUT2D eigenvalue weighted by molar-refractivity contribution is 6.39. The van der Waals surface area contributed by atoms with Crippen molar-refractivity contribution in [3.8, 4) is 0 Å². The molecule has 5 aromatic rings. The maximum absolute atomic E-state index is 13.5. The number of ether oxygens (including phenoxy) is 2. The molecule has 72 heavy (non-hydrogen) atoms. The van der Waals surface area contributed by atoms with E-state index in [9.17, 15) is 9.90 Å². The molecular weight excluding hydrogens is 897 g/mol. The van der Waals surface area contributed by atoms with Gasteiger partial charge in [0.15, 0.2) is 18.0 Å². The summed E-state index contributed by atoms with van der Waals surface area (Å²) in [6.07, 6.45) is 11.6. The van der Waals surface area contributed by atoms with E-state index in [1.54, 1.807) is 0 Å². The lowest BCUT2D eigenvalue weighted by Gasteiger charge is -2.32. The largest absolute Gasteiger partial charge is 0.871 e. The van der Waals surface area contributed by atoms with Crippen molar-refractivity contribution in [2.24, 2.45) is 0 Å². The Kier molecular flexibility index (Phi) is 16.3. The zero-order valence-corrected chi connectivity index (χ0v) is 45.5. The van der Waals surface area contributed by atoms with Crippen LogP contribution in [0.1, 0.15) is 147 Å². The Bertz CT molecular complexity index is 2820. The van der Waals surface area contributed by atoms with Gasteiger partial charge in [0.2, 0.25) is 0 Å². The molecule has 0 radical (unpaired) electrons. The number of allylic oxidation sites excluding steroid dienone is 7. The Morgan fingerprint density at radius 2 is 1.07 bits per heavy atom. The third kappa shape index (κ3) is 13.2. The van der Waals surface area contributed by atoms with Gasteiger partial charge in [-0.25, -0.2) is 13.9 Å². The first-order valence-corrected chi connectivity index (χ1v) is 25.7. The Balaban J connectivity index is 0.882. The predicted molar refractivity (Wildman–Crippen MR) is 287 cm³/mol. The lowest BCUT2D eigenvalue weighted by atomic mass is 9.79. The molecule has 0 spiro atoms. The molecule has 2 heterocycles. The van der Waals surface area contributed by atoms with Crippen LogP contribution in [0.15, 0.2) is 114 Å². The lowest BCUT2D eigenvalue weighted by Crippen LogP contribution is -2.30. The molecule has 0 aliphatic heterocycles. The van der Waals surface area contributed by atoms with E-state index in [0.717, 1.165) is 35.9 Å². The molecular formula is C60H78N8O4. The number of carbonyl (C=O) groups is 1. The van der Waals surface area contributed by atoms with Gasteiger partial charge in [-0.3, -0.25) is 4.79 Å². The highest BCUT2D eigenvalue weighted by Gasteiger charge is 2.31. The third-order valence-corrected chi connectivity index (χ3v) is 13.5. The fourth-order valence-electron chi connectivity index (χ4n) is 8.88. The zero-order valence-electron chi connectivity index (χ0n) is 45.5. The van der Waals surface area contributed by atoms with Crippen LogP contribution in [0.25, 0.3) is 5.57 Å². The summed E-state index contributed by atoms with van der Waals surface area (Å²) in [7, 11) is 0. The van der Waals surface area contributed by atoms with Crippen molar-refractivity contribution in [3.05, 3.63) is 165 Å². The summed E-state index contributed by atoms with van der Waals surface area (Å²) in [6.45, 7) is 37.1. The minimum absolute atomic E-state index is 0.0428. The van der Waals surface area contributed by atoms with E-state index < -0.39 is 0 Å². The summed E-state index contributed by atoms with van der Waals surface area (Å²) < 4.78 is 18.1. The average Bonchev–Trinajstić information content (AvgIpc) is 3.97. The zero-order chi connectivity index (χ0) is 52.2. The van der Waals surface area contributed by atoms with Gasteiger partial charge in [-0.1, -0.05) is 148 Å². The maximum atomic E-state index is 13.5. The molecule has 2 aromatic heterocycles. The molecule has 12 heteroatoms. The number of hydrogen-bond acceptors (Lipinski definition) is 9. The van der Waals surface area contributed by atoms with Crippen LogP contribution in [0.4, 0.5) is 5.69 Å². The van der Waals surface area contributed by atoms with Crippen molar-refractivity contribution in [2.75, 3.05) is 44.3 Å². The van der Waals surface area contributed by atoms with Gasteiger partial charge in [-0.05, 0) is 104 Å². The van der Waals surface area contributed by atoms with E-state index in [1.165, 1.54) is 33.4 Å². The van der Waals surface area contributed by atoms with E-state index in [1.807, 2.05) is 70.3 Å². The number of anilines is 1. The Labute approximate surface area is 428 Å². The molecule has 2 aliphatic rings. The number of benzene rings is 3. The van der Waals surface area contributed by atoms with Gasteiger partial charge >= 0.3 is 0 Å². The van der Waals surface area contributed by atoms with Gasteiger partial charge in [0.25, 0.3) is 0 Å². The standard InChI is InChI=1S/C60H78N8O4/c1-15-65(25-27-71-39-49-37-67(63-61-49)35-41-29-45(57(3,4)5)33-46(30-41)58(6,7)8)51-21-17-43(18-22-51)53-55(69)54(56(53)70)44-19-23-52(24-20-44)66(16-2)26-28-72-40-50-38-68(64-62-50)36-42-31-47(59(9,10)11)34-48(32-42)60(12,13)14/h17-24,29-34,37-38H,15-16,25-28,35-36,39-40H2,1-14H3. The number of hydrogen-bond donors (Lipinski definition) is 0. The maximum Gasteiger partial charge on any atom is 0.199 e. The molecule has 0 saturated heterocycles. The summed E-state index contributed by atoms with van der Waals surface area (Å²) in [5.74, 6) is -0.450. The predicted octanol–water partition coefficient (Wildman–Crippen LogP) is 9.97. The van der Waals surface area contributed by atoms with E-state index in [0.29, 0.717) is 63.7 Å². The van der Waals surface area contributed by atoms with Crippen molar-refractivity contribution in [2.45, 2.75) is 145 Å². The molecule has 0 saturated carbocycles. The number of rotatable bonds is 18. The number of aromatic nitrogens is 6. The van der Waals surface area contributed by atoms with Crippen LogP contribution in [-0.4, -0.2) is 85.5 Å². The van der Waals surface area contributed by atoms with Crippen LogP contribution >= 0.6 is 0 Å². The fraction of sp³-hybridized carbons (Fsp3) is 0.467. The number of ketones is 1. The second-order valence-corrected chi connectivity index (χ2v) is 23.4. The molecule has 0 fully saturated rings. The van der Waals surface area contributed by atoms with Crippen LogP contribution in [0.3, 0.4) is 0 Å². The van der Waals surface area contributed by atoms with Gasteiger partial charge in [0, 0.05) is 42.1 Å². The van der Waals surface area contributed by atoms with E-state index in [-0.39, 0.29) is 44.3 Å². The molecule has 2 aliphatic carbocycles. The summed E-state index contributed by atoms with van der Waals surface area (Å²) in [5.41, 5.74) is 13.1. The van der Waals surface area contributed by atoms with E-state index >= 15 is 0 Å². The topological polar surface area (TPSA) is 126 Å². The van der Waals surface area contributed by atoms with Crippen LogP contribution in [0.2, 0.25) is 0 Å². The van der Waals surface area contributed by atoms with Crippen LogP contribution in [0, 0.1) is 0 Å². The number of likely N-dealkylation sites (N-methyl/N-ethyl adjacent to an activating group) is 2. The Morgan fingerprint density at radius 1 is 0.611 bits per heavy atom. The molecule has 0 bridgehead atoms.